The van der Waals surface area contributed by atoms with Gasteiger partial charge in [0.25, 0.3) is 5.91 Å². The number of benzene rings is 1. The Balaban J connectivity index is 1.71. The fraction of sp³-hybridized carbons (Fsp3) is 0.381. The molecule has 0 unspecified atom stereocenters. The van der Waals surface area contributed by atoms with E-state index < -0.39 is 5.97 Å². The normalized spacial score (nSPS) is 14.3. The van der Waals surface area contributed by atoms with Crippen molar-refractivity contribution in [3.63, 3.8) is 0 Å². The summed E-state index contributed by atoms with van der Waals surface area (Å²) < 4.78 is 5.04. The average molecular weight is 367 g/mol. The Morgan fingerprint density at radius 1 is 1.07 bits per heavy atom. The molecule has 0 radical (unpaired) electrons. The van der Waals surface area contributed by atoms with E-state index >= 15 is 0 Å². The second-order valence-corrected chi connectivity index (χ2v) is 6.53. The number of ether oxygens (including phenoxy) is 1. The molecule has 0 spiro atoms. The summed E-state index contributed by atoms with van der Waals surface area (Å²) in [5, 5.41) is 2.78. The molecule has 0 aliphatic carbocycles. The van der Waals surface area contributed by atoms with Crippen molar-refractivity contribution in [2.45, 2.75) is 32.6 Å². The number of esters is 1. The highest BCUT2D eigenvalue weighted by atomic mass is 16.5. The van der Waals surface area contributed by atoms with Gasteiger partial charge in [0, 0.05) is 19.3 Å². The molecule has 0 bridgehead atoms. The van der Waals surface area contributed by atoms with Crippen molar-refractivity contribution in [1.29, 1.82) is 0 Å². The lowest BCUT2D eigenvalue weighted by molar-refractivity contribution is 0.0527. The van der Waals surface area contributed by atoms with Gasteiger partial charge in [0.1, 0.15) is 5.82 Å². The van der Waals surface area contributed by atoms with Gasteiger partial charge in [0.15, 0.2) is 0 Å². The van der Waals surface area contributed by atoms with Gasteiger partial charge in [-0.25, -0.2) is 9.78 Å². The molecule has 1 fully saturated rings. The van der Waals surface area contributed by atoms with E-state index in [0.29, 0.717) is 16.8 Å². The van der Waals surface area contributed by atoms with E-state index in [1.54, 1.807) is 43.5 Å². The Hall–Kier alpha value is -2.89. The van der Waals surface area contributed by atoms with Crippen molar-refractivity contribution in [3.05, 3.63) is 53.7 Å². The van der Waals surface area contributed by atoms with E-state index in [4.69, 9.17) is 4.74 Å². The van der Waals surface area contributed by atoms with Crippen LogP contribution in [-0.2, 0) is 4.74 Å². The third kappa shape index (κ3) is 4.84. The van der Waals surface area contributed by atoms with Crippen molar-refractivity contribution in [1.82, 2.24) is 4.98 Å². The number of aromatic nitrogens is 1. The van der Waals surface area contributed by atoms with Gasteiger partial charge in [0.2, 0.25) is 0 Å². The highest BCUT2D eigenvalue weighted by Gasteiger charge is 2.16. The van der Waals surface area contributed by atoms with Crippen LogP contribution in [0, 0.1) is 0 Å². The molecule has 6 heteroatoms. The SMILES string of the molecule is CCOC(=O)c1ccccc1NC(=O)c1ccc(N2CCCCCC2)nc1. The summed E-state index contributed by atoms with van der Waals surface area (Å²) in [6.07, 6.45) is 6.46. The average Bonchev–Trinajstić information content (AvgIpc) is 2.98. The van der Waals surface area contributed by atoms with E-state index in [2.05, 4.69) is 15.2 Å². The standard InChI is InChI=1S/C21H25N3O3/c1-2-27-21(26)17-9-5-6-10-18(17)23-20(25)16-11-12-19(22-15-16)24-13-7-3-4-8-14-24/h5-6,9-12,15H,2-4,7-8,13-14H2,1H3,(H,23,25). The zero-order valence-corrected chi connectivity index (χ0v) is 15.6. The molecule has 1 N–H and O–H groups in total. The van der Waals surface area contributed by atoms with Crippen LogP contribution in [0.25, 0.3) is 0 Å². The lowest BCUT2D eigenvalue weighted by Gasteiger charge is -2.21. The monoisotopic (exact) mass is 367 g/mol. The molecule has 2 heterocycles. The maximum Gasteiger partial charge on any atom is 0.340 e. The number of anilines is 2. The van der Waals surface area contributed by atoms with Crippen molar-refractivity contribution in [3.8, 4) is 0 Å². The molecule has 6 nitrogen and oxygen atoms in total. The van der Waals surface area contributed by atoms with Crippen LogP contribution < -0.4 is 10.2 Å². The third-order valence-electron chi connectivity index (χ3n) is 4.61. The zero-order valence-electron chi connectivity index (χ0n) is 15.6. The lowest BCUT2D eigenvalue weighted by Crippen LogP contribution is -2.25. The molecule has 2 aromatic rings. The Labute approximate surface area is 159 Å². The second kappa shape index (κ2) is 9.16. The summed E-state index contributed by atoms with van der Waals surface area (Å²) in [5.74, 6) is 0.144. The van der Waals surface area contributed by atoms with Crippen molar-refractivity contribution in [2.75, 3.05) is 29.9 Å². The third-order valence-corrected chi connectivity index (χ3v) is 4.61. The van der Waals surface area contributed by atoms with E-state index in [1.165, 1.54) is 25.7 Å². The van der Waals surface area contributed by atoms with Crippen LogP contribution in [-0.4, -0.2) is 36.6 Å². The summed E-state index contributed by atoms with van der Waals surface area (Å²) in [6, 6.07) is 10.5. The Kier molecular flexibility index (Phi) is 6.41. The molecule has 0 atom stereocenters. The molecule has 1 saturated heterocycles. The van der Waals surface area contributed by atoms with Gasteiger partial charge in [-0.05, 0) is 44.0 Å². The van der Waals surface area contributed by atoms with Crippen molar-refractivity contribution >= 4 is 23.4 Å². The molecule has 1 aromatic heterocycles. The maximum atomic E-state index is 12.6. The van der Waals surface area contributed by atoms with Crippen LogP contribution in [0.4, 0.5) is 11.5 Å². The first-order chi connectivity index (χ1) is 13.2. The van der Waals surface area contributed by atoms with Crippen LogP contribution in [0.3, 0.4) is 0 Å². The fourth-order valence-electron chi connectivity index (χ4n) is 3.18. The minimum Gasteiger partial charge on any atom is -0.462 e. The Bertz CT molecular complexity index is 782. The van der Waals surface area contributed by atoms with Gasteiger partial charge in [-0.3, -0.25) is 4.79 Å². The van der Waals surface area contributed by atoms with Crippen molar-refractivity contribution < 1.29 is 14.3 Å². The predicted molar refractivity (Wildman–Crippen MR) is 105 cm³/mol. The van der Waals surface area contributed by atoms with Crippen LogP contribution in [0.1, 0.15) is 53.3 Å². The zero-order chi connectivity index (χ0) is 19.1. The van der Waals surface area contributed by atoms with Crippen LogP contribution in [0.5, 0.6) is 0 Å². The largest absolute Gasteiger partial charge is 0.462 e. The first-order valence-corrected chi connectivity index (χ1v) is 9.47. The number of nitrogens with zero attached hydrogens (tertiary/aromatic N) is 2. The first kappa shape index (κ1) is 18.9. The molecule has 27 heavy (non-hydrogen) atoms. The minimum absolute atomic E-state index is 0.281. The van der Waals surface area contributed by atoms with Gasteiger partial charge in [-0.2, -0.15) is 0 Å². The number of hydrogen-bond donors (Lipinski definition) is 1. The number of nitrogens with one attached hydrogen (secondary N) is 1. The van der Waals surface area contributed by atoms with Gasteiger partial charge in [-0.1, -0.05) is 25.0 Å². The quantitative estimate of drug-likeness (QED) is 0.812. The summed E-state index contributed by atoms with van der Waals surface area (Å²) in [4.78, 5) is 31.3. The molecule has 142 valence electrons. The number of carbonyl (C=O) groups is 2. The van der Waals surface area contributed by atoms with Crippen molar-refractivity contribution in [2.24, 2.45) is 0 Å². The lowest BCUT2D eigenvalue weighted by atomic mass is 10.1. The Morgan fingerprint density at radius 2 is 1.81 bits per heavy atom. The van der Waals surface area contributed by atoms with E-state index in [-0.39, 0.29) is 12.5 Å². The highest BCUT2D eigenvalue weighted by molar-refractivity contribution is 6.07. The summed E-state index contributed by atoms with van der Waals surface area (Å²) in [7, 11) is 0. The molecular formula is C21H25N3O3. The molecule has 0 saturated carbocycles. The number of rotatable bonds is 5. The number of amides is 1. The second-order valence-electron chi connectivity index (χ2n) is 6.53. The van der Waals surface area contributed by atoms with Gasteiger partial charge in [0.05, 0.1) is 23.4 Å². The fourth-order valence-corrected chi connectivity index (χ4v) is 3.18. The summed E-state index contributed by atoms with van der Waals surface area (Å²) in [6.45, 7) is 4.04. The van der Waals surface area contributed by atoms with Gasteiger partial charge in [-0.15, -0.1) is 0 Å². The maximum absolute atomic E-state index is 12.6. The number of carbonyl (C=O) groups excluding carboxylic acids is 2. The smallest absolute Gasteiger partial charge is 0.340 e. The molecule has 3 rings (SSSR count). The number of pyridine rings is 1. The van der Waals surface area contributed by atoms with Gasteiger partial charge >= 0.3 is 5.97 Å². The van der Waals surface area contributed by atoms with Crippen LogP contribution in [0.2, 0.25) is 0 Å². The van der Waals surface area contributed by atoms with Crippen LogP contribution >= 0.6 is 0 Å². The number of hydrogen-bond acceptors (Lipinski definition) is 5. The summed E-state index contributed by atoms with van der Waals surface area (Å²) in [5.41, 5.74) is 1.21. The molecule has 1 aliphatic heterocycles. The predicted octanol–water partition coefficient (Wildman–Crippen LogP) is 3.89. The first-order valence-electron chi connectivity index (χ1n) is 9.47. The molecule has 1 aliphatic rings. The topological polar surface area (TPSA) is 71.5 Å². The van der Waals surface area contributed by atoms with E-state index in [1.807, 2.05) is 6.07 Å². The van der Waals surface area contributed by atoms with E-state index in [0.717, 1.165) is 18.9 Å². The molecule has 1 amide bonds. The Morgan fingerprint density at radius 3 is 2.48 bits per heavy atom. The number of para-hydroxylation sites is 1. The van der Waals surface area contributed by atoms with E-state index in [9.17, 15) is 9.59 Å². The molecular weight excluding hydrogens is 342 g/mol. The summed E-state index contributed by atoms with van der Waals surface area (Å²) >= 11 is 0. The molecule has 1 aromatic carbocycles. The van der Waals surface area contributed by atoms with Gasteiger partial charge < -0.3 is 15.0 Å². The minimum atomic E-state index is -0.456. The van der Waals surface area contributed by atoms with Crippen LogP contribution in [0.15, 0.2) is 42.6 Å². The highest BCUT2D eigenvalue weighted by Crippen LogP contribution is 2.20.